The molecule has 0 aliphatic carbocycles. The molecule has 1 aliphatic heterocycles. The lowest BCUT2D eigenvalue weighted by Crippen LogP contribution is -2.21. The summed E-state index contributed by atoms with van der Waals surface area (Å²) >= 11 is 1.68. The first kappa shape index (κ1) is 14.3. The van der Waals surface area contributed by atoms with E-state index in [1.807, 2.05) is 7.05 Å². The fourth-order valence-corrected chi connectivity index (χ4v) is 2.84. The van der Waals surface area contributed by atoms with Crippen molar-refractivity contribution in [2.24, 2.45) is 0 Å². The van der Waals surface area contributed by atoms with Crippen molar-refractivity contribution < 1.29 is 0 Å². The Kier molecular flexibility index (Phi) is 5.21. The maximum Gasteiger partial charge on any atom is 0.231 e. The number of nitrogens with zero attached hydrogens (tertiary/aromatic N) is 5. The van der Waals surface area contributed by atoms with E-state index in [2.05, 4.69) is 44.2 Å². The molecule has 0 unspecified atom stereocenters. The summed E-state index contributed by atoms with van der Waals surface area (Å²) in [5, 5.41) is 3.83. The first-order chi connectivity index (χ1) is 9.19. The molecule has 1 aliphatic rings. The minimum Gasteiger partial charge on any atom is -0.357 e. The molecule has 106 valence electrons. The molecule has 0 bridgehead atoms. The smallest absolute Gasteiger partial charge is 0.231 e. The molecule has 2 heterocycles. The minimum atomic E-state index is 0.657. The minimum absolute atomic E-state index is 0.657. The number of nitrogens with one attached hydrogen (secondary N) is 1. The third-order valence-electron chi connectivity index (χ3n) is 2.99. The average Bonchev–Trinajstić information content (AvgIpc) is 2.92. The molecule has 1 aromatic heterocycles. The third kappa shape index (κ3) is 4.21. The van der Waals surface area contributed by atoms with Gasteiger partial charge in [-0.3, -0.25) is 0 Å². The van der Waals surface area contributed by atoms with Gasteiger partial charge in [0.2, 0.25) is 11.9 Å². The summed E-state index contributed by atoms with van der Waals surface area (Å²) in [5.41, 5.74) is 0. The highest BCUT2D eigenvalue weighted by atomic mass is 32.2. The first-order valence-electron chi connectivity index (χ1n) is 6.65. The van der Waals surface area contributed by atoms with Crippen LogP contribution in [0, 0.1) is 0 Å². The number of hydrogen-bond donors (Lipinski definition) is 1. The van der Waals surface area contributed by atoms with Crippen molar-refractivity contribution in [1.82, 2.24) is 19.9 Å². The van der Waals surface area contributed by atoms with E-state index in [4.69, 9.17) is 0 Å². The molecule has 6 nitrogen and oxygen atoms in total. The number of anilines is 2. The SMILES string of the molecule is CNc1nc(SCCN(C)C)nc(N2CCCC2)n1. The van der Waals surface area contributed by atoms with Crippen LogP contribution in [-0.4, -0.2) is 66.4 Å². The molecule has 0 amide bonds. The molecule has 0 atom stereocenters. The van der Waals surface area contributed by atoms with Gasteiger partial charge < -0.3 is 15.1 Å². The number of aromatic nitrogens is 3. The zero-order chi connectivity index (χ0) is 13.7. The molecular formula is C12H22N6S. The maximum absolute atomic E-state index is 4.57. The molecule has 0 radical (unpaired) electrons. The molecule has 19 heavy (non-hydrogen) atoms. The number of thioether (sulfide) groups is 1. The van der Waals surface area contributed by atoms with Gasteiger partial charge in [-0.05, 0) is 26.9 Å². The Labute approximate surface area is 119 Å². The summed E-state index contributed by atoms with van der Waals surface area (Å²) in [6, 6.07) is 0. The second-order valence-electron chi connectivity index (χ2n) is 4.84. The van der Waals surface area contributed by atoms with Crippen LogP contribution in [0.15, 0.2) is 5.16 Å². The Hall–Kier alpha value is -1.08. The topological polar surface area (TPSA) is 57.2 Å². The van der Waals surface area contributed by atoms with Gasteiger partial charge in [-0.2, -0.15) is 15.0 Å². The quantitative estimate of drug-likeness (QED) is 0.786. The van der Waals surface area contributed by atoms with Gasteiger partial charge in [0.25, 0.3) is 0 Å². The Morgan fingerprint density at radius 2 is 1.95 bits per heavy atom. The standard InChI is InChI=1S/C12H22N6S/c1-13-10-14-11(18-6-4-5-7-18)16-12(15-10)19-9-8-17(2)3/h4-9H2,1-3H3,(H,13,14,15,16). The van der Waals surface area contributed by atoms with E-state index in [1.165, 1.54) is 12.8 Å². The fourth-order valence-electron chi connectivity index (χ4n) is 1.90. The van der Waals surface area contributed by atoms with Crippen LogP contribution in [0.2, 0.25) is 0 Å². The van der Waals surface area contributed by atoms with Crippen molar-refractivity contribution in [2.75, 3.05) is 56.7 Å². The van der Waals surface area contributed by atoms with Crippen molar-refractivity contribution in [1.29, 1.82) is 0 Å². The summed E-state index contributed by atoms with van der Waals surface area (Å²) in [5.74, 6) is 2.45. The van der Waals surface area contributed by atoms with Gasteiger partial charge in [0.15, 0.2) is 5.16 Å². The summed E-state index contributed by atoms with van der Waals surface area (Å²) in [7, 11) is 5.99. The fraction of sp³-hybridized carbons (Fsp3) is 0.750. The lowest BCUT2D eigenvalue weighted by Gasteiger charge is -2.16. The molecule has 7 heteroatoms. The lowest BCUT2D eigenvalue weighted by atomic mass is 10.4. The maximum atomic E-state index is 4.57. The average molecular weight is 282 g/mol. The largest absolute Gasteiger partial charge is 0.357 e. The molecule has 0 aromatic carbocycles. The van der Waals surface area contributed by atoms with Crippen LogP contribution in [0.4, 0.5) is 11.9 Å². The second-order valence-corrected chi connectivity index (χ2v) is 5.90. The predicted octanol–water partition coefficient (Wildman–Crippen LogP) is 1.17. The summed E-state index contributed by atoms with van der Waals surface area (Å²) in [4.78, 5) is 17.8. The van der Waals surface area contributed by atoms with Crippen molar-refractivity contribution >= 4 is 23.7 Å². The first-order valence-corrected chi connectivity index (χ1v) is 7.64. The van der Waals surface area contributed by atoms with Crippen LogP contribution < -0.4 is 10.2 Å². The Morgan fingerprint density at radius 1 is 1.21 bits per heavy atom. The normalized spacial score (nSPS) is 15.3. The summed E-state index contributed by atoms with van der Waals surface area (Å²) in [6.45, 7) is 3.12. The van der Waals surface area contributed by atoms with Crippen molar-refractivity contribution in [3.8, 4) is 0 Å². The molecule has 1 fully saturated rings. The van der Waals surface area contributed by atoms with E-state index in [-0.39, 0.29) is 0 Å². The van der Waals surface area contributed by atoms with E-state index < -0.39 is 0 Å². The van der Waals surface area contributed by atoms with E-state index in [1.54, 1.807) is 11.8 Å². The predicted molar refractivity (Wildman–Crippen MR) is 80.1 cm³/mol. The van der Waals surface area contributed by atoms with Gasteiger partial charge >= 0.3 is 0 Å². The van der Waals surface area contributed by atoms with Crippen LogP contribution in [0.25, 0.3) is 0 Å². The van der Waals surface area contributed by atoms with Gasteiger partial charge in [0, 0.05) is 32.4 Å². The van der Waals surface area contributed by atoms with Gasteiger partial charge in [-0.1, -0.05) is 11.8 Å². The highest BCUT2D eigenvalue weighted by Crippen LogP contribution is 2.21. The Bertz CT molecular complexity index is 405. The van der Waals surface area contributed by atoms with Gasteiger partial charge in [0.1, 0.15) is 0 Å². The molecule has 1 N–H and O–H groups in total. The van der Waals surface area contributed by atoms with E-state index in [0.717, 1.165) is 36.5 Å². The lowest BCUT2D eigenvalue weighted by molar-refractivity contribution is 0.437. The van der Waals surface area contributed by atoms with Crippen molar-refractivity contribution in [3.63, 3.8) is 0 Å². The zero-order valence-corrected chi connectivity index (χ0v) is 12.7. The van der Waals surface area contributed by atoms with Crippen LogP contribution in [0.1, 0.15) is 12.8 Å². The van der Waals surface area contributed by atoms with Gasteiger partial charge in [-0.25, -0.2) is 0 Å². The molecule has 2 rings (SSSR count). The number of rotatable bonds is 6. The monoisotopic (exact) mass is 282 g/mol. The van der Waals surface area contributed by atoms with Crippen LogP contribution in [-0.2, 0) is 0 Å². The van der Waals surface area contributed by atoms with E-state index in [9.17, 15) is 0 Å². The number of hydrogen-bond acceptors (Lipinski definition) is 7. The summed E-state index contributed by atoms with van der Waals surface area (Å²) < 4.78 is 0. The highest BCUT2D eigenvalue weighted by molar-refractivity contribution is 7.99. The summed E-state index contributed by atoms with van der Waals surface area (Å²) in [6.07, 6.45) is 2.45. The third-order valence-corrected chi connectivity index (χ3v) is 3.81. The van der Waals surface area contributed by atoms with E-state index in [0.29, 0.717) is 5.95 Å². The molecular weight excluding hydrogens is 260 g/mol. The van der Waals surface area contributed by atoms with Crippen LogP contribution >= 0.6 is 11.8 Å². The van der Waals surface area contributed by atoms with Crippen molar-refractivity contribution in [2.45, 2.75) is 18.0 Å². The van der Waals surface area contributed by atoms with Crippen molar-refractivity contribution in [3.05, 3.63) is 0 Å². The molecule has 1 aromatic rings. The van der Waals surface area contributed by atoms with Gasteiger partial charge in [0.05, 0.1) is 0 Å². The molecule has 1 saturated heterocycles. The molecule has 0 spiro atoms. The van der Waals surface area contributed by atoms with Crippen LogP contribution in [0.5, 0.6) is 0 Å². The van der Waals surface area contributed by atoms with E-state index >= 15 is 0 Å². The van der Waals surface area contributed by atoms with Gasteiger partial charge in [-0.15, -0.1) is 0 Å². The van der Waals surface area contributed by atoms with Crippen LogP contribution in [0.3, 0.4) is 0 Å². The zero-order valence-electron chi connectivity index (χ0n) is 11.9. The Morgan fingerprint density at radius 3 is 2.58 bits per heavy atom. The Balaban J connectivity index is 2.06. The second kappa shape index (κ2) is 6.91. The highest BCUT2D eigenvalue weighted by Gasteiger charge is 2.17. The molecule has 0 saturated carbocycles.